The summed E-state index contributed by atoms with van der Waals surface area (Å²) < 4.78 is 12.7. The van der Waals surface area contributed by atoms with Crippen LogP contribution in [0.15, 0.2) is 30.6 Å². The molecule has 1 atom stereocenters. The summed E-state index contributed by atoms with van der Waals surface area (Å²) in [4.78, 5) is 20.0. The monoisotopic (exact) mass is 439 g/mol. The van der Waals surface area contributed by atoms with E-state index in [2.05, 4.69) is 31.9 Å². The van der Waals surface area contributed by atoms with Crippen LogP contribution in [-0.2, 0) is 24.8 Å². The molecule has 0 radical (unpaired) electrons. The average Bonchev–Trinajstić information content (AvgIpc) is 3.46. The number of amides is 1. The second kappa shape index (κ2) is 9.50. The van der Waals surface area contributed by atoms with Gasteiger partial charge in [-0.05, 0) is 42.5 Å². The molecule has 32 heavy (non-hydrogen) atoms. The van der Waals surface area contributed by atoms with Gasteiger partial charge in [-0.25, -0.2) is 0 Å². The van der Waals surface area contributed by atoms with Crippen LogP contribution >= 0.6 is 0 Å². The molecular formula is C24H33N5O3. The number of carbonyl (C=O) groups excluding carboxylic acids is 1. The van der Waals surface area contributed by atoms with Gasteiger partial charge in [-0.3, -0.25) is 19.3 Å². The molecule has 0 unspecified atom stereocenters. The van der Waals surface area contributed by atoms with Crippen molar-refractivity contribution in [3.63, 3.8) is 0 Å². The highest BCUT2D eigenvalue weighted by atomic mass is 16.7. The molecule has 3 aliphatic heterocycles. The first-order chi connectivity index (χ1) is 15.6. The Morgan fingerprint density at radius 1 is 1.09 bits per heavy atom. The van der Waals surface area contributed by atoms with E-state index >= 15 is 0 Å². The van der Waals surface area contributed by atoms with Crippen LogP contribution < -0.4 is 9.47 Å². The van der Waals surface area contributed by atoms with E-state index in [9.17, 15) is 4.79 Å². The second-order valence-corrected chi connectivity index (χ2v) is 9.16. The molecule has 172 valence electrons. The van der Waals surface area contributed by atoms with Crippen molar-refractivity contribution in [2.45, 2.75) is 38.3 Å². The Bertz CT molecular complexity index is 937. The first kappa shape index (κ1) is 21.3. The van der Waals surface area contributed by atoms with Crippen molar-refractivity contribution in [3.05, 3.63) is 41.7 Å². The molecule has 1 aromatic heterocycles. The zero-order valence-corrected chi connectivity index (χ0v) is 18.9. The lowest BCUT2D eigenvalue weighted by Gasteiger charge is -2.43. The summed E-state index contributed by atoms with van der Waals surface area (Å²) in [5.41, 5.74) is 2.40. The largest absolute Gasteiger partial charge is 0.454 e. The minimum absolute atomic E-state index is 0.278. The van der Waals surface area contributed by atoms with Crippen LogP contribution in [0.5, 0.6) is 11.5 Å². The highest BCUT2D eigenvalue weighted by Crippen LogP contribution is 2.33. The van der Waals surface area contributed by atoms with Crippen molar-refractivity contribution in [2.75, 3.05) is 46.1 Å². The Morgan fingerprint density at radius 3 is 2.75 bits per heavy atom. The molecule has 2 fully saturated rings. The van der Waals surface area contributed by atoms with Crippen LogP contribution in [0.25, 0.3) is 0 Å². The van der Waals surface area contributed by atoms with Crippen molar-refractivity contribution in [1.82, 2.24) is 24.5 Å². The van der Waals surface area contributed by atoms with Gasteiger partial charge in [0, 0.05) is 71.5 Å². The van der Waals surface area contributed by atoms with Gasteiger partial charge in [0.1, 0.15) is 0 Å². The lowest BCUT2D eigenvalue weighted by Crippen LogP contribution is -2.55. The van der Waals surface area contributed by atoms with E-state index in [0.29, 0.717) is 19.3 Å². The number of aromatic nitrogens is 2. The molecule has 8 nitrogen and oxygen atoms in total. The van der Waals surface area contributed by atoms with Gasteiger partial charge in [-0.2, -0.15) is 5.10 Å². The molecule has 1 amide bonds. The third-order valence-electron chi connectivity index (χ3n) is 6.90. The van der Waals surface area contributed by atoms with E-state index in [0.717, 1.165) is 75.7 Å². The molecule has 0 spiro atoms. The minimum atomic E-state index is 0.278. The summed E-state index contributed by atoms with van der Waals surface area (Å²) in [6, 6.07) is 6.73. The fraction of sp³-hybridized carbons (Fsp3) is 0.583. The van der Waals surface area contributed by atoms with Gasteiger partial charge < -0.3 is 14.4 Å². The number of fused-ring (bicyclic) bond motifs is 1. The van der Waals surface area contributed by atoms with Gasteiger partial charge in [0.2, 0.25) is 12.7 Å². The van der Waals surface area contributed by atoms with Crippen LogP contribution in [0.1, 0.15) is 30.4 Å². The summed E-state index contributed by atoms with van der Waals surface area (Å²) in [5.74, 6) is 1.98. The van der Waals surface area contributed by atoms with Gasteiger partial charge in [0.15, 0.2) is 11.5 Å². The molecule has 0 aliphatic carbocycles. The highest BCUT2D eigenvalue weighted by molar-refractivity contribution is 5.76. The zero-order chi connectivity index (χ0) is 21.9. The van der Waals surface area contributed by atoms with Gasteiger partial charge in [-0.15, -0.1) is 0 Å². The number of nitrogens with zero attached hydrogens (tertiary/aromatic N) is 5. The van der Waals surface area contributed by atoms with Crippen LogP contribution in [0.2, 0.25) is 0 Å². The molecule has 0 saturated carbocycles. The van der Waals surface area contributed by atoms with E-state index in [4.69, 9.17) is 9.47 Å². The quantitative estimate of drug-likeness (QED) is 0.685. The van der Waals surface area contributed by atoms with Crippen LogP contribution in [0.4, 0.5) is 0 Å². The molecular weight excluding hydrogens is 406 g/mol. The number of hydrogen-bond acceptors (Lipinski definition) is 6. The zero-order valence-electron chi connectivity index (χ0n) is 18.9. The number of carbonyl (C=O) groups is 1. The lowest BCUT2D eigenvalue weighted by molar-refractivity contribution is -0.133. The van der Waals surface area contributed by atoms with E-state index in [1.54, 1.807) is 4.68 Å². The van der Waals surface area contributed by atoms with E-state index in [-0.39, 0.29) is 5.91 Å². The second-order valence-electron chi connectivity index (χ2n) is 9.16. The molecule has 0 bridgehead atoms. The van der Waals surface area contributed by atoms with Crippen LogP contribution in [-0.4, -0.2) is 82.5 Å². The number of piperazine rings is 1. The number of benzene rings is 1. The van der Waals surface area contributed by atoms with Crippen molar-refractivity contribution in [2.24, 2.45) is 7.05 Å². The van der Waals surface area contributed by atoms with Crippen molar-refractivity contribution in [3.8, 4) is 11.5 Å². The van der Waals surface area contributed by atoms with Crippen molar-refractivity contribution in [1.29, 1.82) is 0 Å². The molecule has 3 aliphatic rings. The normalized spacial score (nSPS) is 21.8. The predicted octanol–water partition coefficient (Wildman–Crippen LogP) is 1.89. The Hall–Kier alpha value is -2.58. The van der Waals surface area contributed by atoms with E-state index in [1.165, 1.54) is 12.0 Å². The van der Waals surface area contributed by atoms with Crippen molar-refractivity contribution >= 4 is 5.91 Å². The van der Waals surface area contributed by atoms with E-state index < -0.39 is 0 Å². The summed E-state index contributed by atoms with van der Waals surface area (Å²) in [6.07, 6.45) is 7.48. The predicted molar refractivity (Wildman–Crippen MR) is 121 cm³/mol. The average molecular weight is 440 g/mol. The Kier molecular flexibility index (Phi) is 6.32. The third kappa shape index (κ3) is 4.91. The smallest absolute Gasteiger partial charge is 0.231 e. The third-order valence-corrected chi connectivity index (χ3v) is 6.90. The Morgan fingerprint density at radius 2 is 1.94 bits per heavy atom. The number of hydrogen-bond donors (Lipinski definition) is 0. The minimum Gasteiger partial charge on any atom is -0.454 e. The fourth-order valence-electron chi connectivity index (χ4n) is 5.07. The fourth-order valence-corrected chi connectivity index (χ4v) is 5.07. The van der Waals surface area contributed by atoms with Crippen molar-refractivity contribution < 1.29 is 14.3 Å². The highest BCUT2D eigenvalue weighted by Gasteiger charge is 2.30. The number of aryl methyl sites for hydroxylation is 2. The number of rotatable bonds is 6. The summed E-state index contributed by atoms with van der Waals surface area (Å²) >= 11 is 0. The Labute approximate surface area is 189 Å². The maximum absolute atomic E-state index is 12.8. The van der Waals surface area contributed by atoms with Gasteiger partial charge in [-0.1, -0.05) is 6.07 Å². The topological polar surface area (TPSA) is 63.1 Å². The number of likely N-dealkylation sites (tertiary alicyclic amines) is 1. The first-order valence-electron chi connectivity index (χ1n) is 11.7. The van der Waals surface area contributed by atoms with E-state index in [1.807, 2.05) is 25.5 Å². The standard InChI is InChI=1S/C24H33N5O3/c1-26-15-20(14-25-26)5-7-24(30)29-8-2-3-21(17-29)28-11-9-27(10-12-28)16-19-4-6-22-23(13-19)32-18-31-22/h4,6,13-15,21H,2-3,5,7-12,16-18H2,1H3/t21-/m1/s1. The maximum Gasteiger partial charge on any atom is 0.231 e. The molecule has 8 heteroatoms. The molecule has 1 aromatic carbocycles. The van der Waals surface area contributed by atoms with Gasteiger partial charge >= 0.3 is 0 Å². The first-order valence-corrected chi connectivity index (χ1v) is 11.7. The molecule has 2 saturated heterocycles. The summed E-state index contributed by atoms with van der Waals surface area (Å²) in [5, 5.41) is 4.20. The van der Waals surface area contributed by atoms with Crippen LogP contribution in [0.3, 0.4) is 0 Å². The number of ether oxygens (including phenoxy) is 2. The van der Waals surface area contributed by atoms with Gasteiger partial charge in [0.05, 0.1) is 6.20 Å². The molecule has 4 heterocycles. The lowest BCUT2D eigenvalue weighted by atomic mass is 10.0. The van der Waals surface area contributed by atoms with Gasteiger partial charge in [0.25, 0.3) is 0 Å². The molecule has 0 N–H and O–H groups in total. The summed E-state index contributed by atoms with van der Waals surface area (Å²) in [6.45, 7) is 7.26. The van der Waals surface area contributed by atoms with Crippen LogP contribution in [0, 0.1) is 0 Å². The number of piperidine rings is 1. The molecule has 2 aromatic rings. The maximum atomic E-state index is 12.8. The Balaban J connectivity index is 1.08. The molecule has 5 rings (SSSR count). The summed E-state index contributed by atoms with van der Waals surface area (Å²) in [7, 11) is 1.91. The SMILES string of the molecule is Cn1cc(CCC(=O)N2CCC[C@@H](N3CCN(Cc4ccc5c(c4)OCO5)CC3)C2)cn1.